The van der Waals surface area contributed by atoms with Gasteiger partial charge in [0.2, 0.25) is 0 Å². The zero-order chi connectivity index (χ0) is 18.1. The molecule has 0 aliphatic carbocycles. The number of carbonyl (C=O) groups excluding carboxylic acids is 1. The highest BCUT2D eigenvalue weighted by Crippen LogP contribution is 2.34. The summed E-state index contributed by atoms with van der Waals surface area (Å²) in [6, 6.07) is 9.70. The number of benzene rings is 1. The van der Waals surface area contributed by atoms with Crippen LogP contribution in [0.5, 0.6) is 0 Å². The lowest BCUT2D eigenvalue weighted by Gasteiger charge is -2.18. The first kappa shape index (κ1) is 17.5. The van der Waals surface area contributed by atoms with E-state index in [-0.39, 0.29) is 17.8 Å². The summed E-state index contributed by atoms with van der Waals surface area (Å²) in [7, 11) is 0. The van der Waals surface area contributed by atoms with E-state index in [0.29, 0.717) is 32.9 Å². The summed E-state index contributed by atoms with van der Waals surface area (Å²) < 4.78 is 25.2. The van der Waals surface area contributed by atoms with E-state index in [1.54, 1.807) is 35.2 Å². The van der Waals surface area contributed by atoms with Crippen LogP contribution < -0.4 is 0 Å². The first-order valence-corrected chi connectivity index (χ1v) is 9.55. The first-order valence-electron chi connectivity index (χ1n) is 8.33. The van der Waals surface area contributed by atoms with Crippen LogP contribution in [0, 0.1) is 5.82 Å². The number of halogens is 1. The molecule has 2 aromatic rings. The molecule has 2 aliphatic rings. The van der Waals surface area contributed by atoms with E-state index in [1.807, 2.05) is 0 Å². The summed E-state index contributed by atoms with van der Waals surface area (Å²) >= 11 is 6.60. The normalized spacial score (nSPS) is 22.0. The molecule has 26 heavy (non-hydrogen) atoms. The Kier molecular flexibility index (Phi) is 4.93. The number of rotatable bonds is 4. The fourth-order valence-electron chi connectivity index (χ4n) is 3.01. The molecule has 1 aromatic carbocycles. The van der Waals surface area contributed by atoms with E-state index in [1.165, 1.54) is 23.9 Å². The standard InChI is InChI=1S/C19H16FNO3S2/c20-13-4-1-3-12(9-13)16-7-6-14(24-16)10-17-18(22)21(19(25)26-17)11-15-5-2-8-23-15/h1,3-4,6-7,9-10,15H,2,5,8,11H2/b17-10+. The lowest BCUT2D eigenvalue weighted by molar-refractivity contribution is -0.123. The smallest absolute Gasteiger partial charge is 0.266 e. The van der Waals surface area contributed by atoms with Gasteiger partial charge in [-0.05, 0) is 37.1 Å². The maximum Gasteiger partial charge on any atom is 0.266 e. The molecule has 2 aliphatic heterocycles. The molecule has 0 radical (unpaired) electrons. The Labute approximate surface area is 160 Å². The summed E-state index contributed by atoms with van der Waals surface area (Å²) in [5.74, 6) is 0.627. The second kappa shape index (κ2) is 7.34. The third-order valence-corrected chi connectivity index (χ3v) is 5.67. The van der Waals surface area contributed by atoms with Gasteiger partial charge in [0.25, 0.3) is 5.91 Å². The first-order chi connectivity index (χ1) is 12.6. The Morgan fingerprint density at radius 3 is 3.00 bits per heavy atom. The van der Waals surface area contributed by atoms with Crippen LogP contribution >= 0.6 is 24.0 Å². The van der Waals surface area contributed by atoms with E-state index in [9.17, 15) is 9.18 Å². The number of ether oxygens (including phenoxy) is 1. The molecule has 4 nitrogen and oxygen atoms in total. The van der Waals surface area contributed by atoms with Crippen LogP contribution in [-0.4, -0.2) is 34.4 Å². The number of amides is 1. The predicted octanol–water partition coefficient (Wildman–Crippen LogP) is 4.47. The van der Waals surface area contributed by atoms with Crippen molar-refractivity contribution >= 4 is 40.3 Å². The molecule has 4 rings (SSSR count). The van der Waals surface area contributed by atoms with Gasteiger partial charge in [-0.3, -0.25) is 9.69 Å². The monoisotopic (exact) mass is 389 g/mol. The van der Waals surface area contributed by atoms with E-state index in [2.05, 4.69) is 0 Å². The zero-order valence-corrected chi connectivity index (χ0v) is 15.4. The highest BCUT2D eigenvalue weighted by molar-refractivity contribution is 8.26. The largest absolute Gasteiger partial charge is 0.457 e. The average molecular weight is 389 g/mol. The molecular weight excluding hydrogens is 373 g/mol. The van der Waals surface area contributed by atoms with Crippen molar-refractivity contribution in [2.75, 3.05) is 13.2 Å². The number of thiocarbonyl (C=S) groups is 1. The van der Waals surface area contributed by atoms with Gasteiger partial charge in [-0.2, -0.15) is 0 Å². The lowest BCUT2D eigenvalue weighted by Crippen LogP contribution is -2.35. The van der Waals surface area contributed by atoms with E-state index in [0.717, 1.165) is 19.4 Å². The summed E-state index contributed by atoms with van der Waals surface area (Å²) in [5.41, 5.74) is 0.649. The minimum absolute atomic E-state index is 0.0556. The third kappa shape index (κ3) is 3.60. The van der Waals surface area contributed by atoms with Crippen LogP contribution in [0.3, 0.4) is 0 Å². The van der Waals surface area contributed by atoms with Crippen molar-refractivity contribution in [3.63, 3.8) is 0 Å². The Morgan fingerprint density at radius 1 is 1.35 bits per heavy atom. The van der Waals surface area contributed by atoms with Crippen molar-refractivity contribution in [3.8, 4) is 11.3 Å². The fourth-order valence-corrected chi connectivity index (χ4v) is 4.26. The molecule has 1 atom stereocenters. The van der Waals surface area contributed by atoms with Gasteiger partial charge in [-0.1, -0.05) is 36.1 Å². The van der Waals surface area contributed by atoms with Gasteiger partial charge < -0.3 is 9.15 Å². The third-order valence-electron chi connectivity index (χ3n) is 4.29. The van der Waals surface area contributed by atoms with Gasteiger partial charge >= 0.3 is 0 Å². The van der Waals surface area contributed by atoms with Crippen LogP contribution in [0.2, 0.25) is 0 Å². The molecule has 1 amide bonds. The van der Waals surface area contributed by atoms with E-state index < -0.39 is 0 Å². The molecule has 2 fully saturated rings. The van der Waals surface area contributed by atoms with E-state index >= 15 is 0 Å². The molecule has 0 saturated carbocycles. The summed E-state index contributed by atoms with van der Waals surface area (Å²) in [5, 5.41) is 0. The molecule has 7 heteroatoms. The summed E-state index contributed by atoms with van der Waals surface area (Å²) in [6.45, 7) is 1.24. The number of hydrogen-bond acceptors (Lipinski definition) is 5. The number of nitrogens with zero attached hydrogens (tertiary/aromatic N) is 1. The van der Waals surface area contributed by atoms with Gasteiger partial charge in [0.15, 0.2) is 0 Å². The van der Waals surface area contributed by atoms with Gasteiger partial charge in [0.05, 0.1) is 17.6 Å². The molecule has 0 bridgehead atoms. The number of furan rings is 1. The van der Waals surface area contributed by atoms with Crippen molar-refractivity contribution in [2.24, 2.45) is 0 Å². The van der Waals surface area contributed by atoms with Gasteiger partial charge in [-0.25, -0.2) is 4.39 Å². The molecule has 2 saturated heterocycles. The minimum atomic E-state index is -0.324. The zero-order valence-electron chi connectivity index (χ0n) is 13.8. The molecule has 134 valence electrons. The summed E-state index contributed by atoms with van der Waals surface area (Å²) in [6.07, 6.45) is 3.70. The van der Waals surface area contributed by atoms with Gasteiger partial charge in [0, 0.05) is 18.2 Å². The number of carbonyl (C=O) groups is 1. The molecule has 1 unspecified atom stereocenters. The molecule has 0 N–H and O–H groups in total. The minimum Gasteiger partial charge on any atom is -0.457 e. The highest BCUT2D eigenvalue weighted by Gasteiger charge is 2.34. The maximum atomic E-state index is 13.4. The molecule has 1 aromatic heterocycles. The fraction of sp³-hybridized carbons (Fsp3) is 0.263. The molecular formula is C19H16FNO3S2. The highest BCUT2D eigenvalue weighted by atomic mass is 32.2. The van der Waals surface area contributed by atoms with Crippen LogP contribution in [0.25, 0.3) is 17.4 Å². The SMILES string of the molecule is O=C1/C(=C\c2ccc(-c3cccc(F)c3)o2)SC(=S)N1CC1CCCO1. The Balaban J connectivity index is 1.51. The van der Waals surface area contributed by atoms with Crippen LogP contribution in [0.15, 0.2) is 45.7 Å². The average Bonchev–Trinajstić information content (AvgIpc) is 3.34. The quantitative estimate of drug-likeness (QED) is 0.570. The Bertz CT molecular complexity index is 886. The number of hydrogen-bond donors (Lipinski definition) is 0. The second-order valence-corrected chi connectivity index (χ2v) is 7.82. The van der Waals surface area contributed by atoms with Crippen molar-refractivity contribution in [2.45, 2.75) is 18.9 Å². The van der Waals surface area contributed by atoms with Gasteiger partial charge in [-0.15, -0.1) is 0 Å². The topological polar surface area (TPSA) is 42.7 Å². The Hall–Kier alpha value is -1.96. The van der Waals surface area contributed by atoms with Gasteiger partial charge in [0.1, 0.15) is 21.7 Å². The molecule has 0 spiro atoms. The molecule has 3 heterocycles. The lowest BCUT2D eigenvalue weighted by atomic mass is 10.2. The van der Waals surface area contributed by atoms with E-state index in [4.69, 9.17) is 21.4 Å². The number of thioether (sulfide) groups is 1. The van der Waals surface area contributed by atoms with Crippen LogP contribution in [-0.2, 0) is 9.53 Å². The van der Waals surface area contributed by atoms with Crippen molar-refractivity contribution in [3.05, 3.63) is 52.9 Å². The Morgan fingerprint density at radius 2 is 2.23 bits per heavy atom. The van der Waals surface area contributed by atoms with Crippen LogP contribution in [0.1, 0.15) is 18.6 Å². The van der Waals surface area contributed by atoms with Crippen molar-refractivity contribution in [1.29, 1.82) is 0 Å². The predicted molar refractivity (Wildman–Crippen MR) is 103 cm³/mol. The second-order valence-electron chi connectivity index (χ2n) is 6.14. The van der Waals surface area contributed by atoms with Crippen molar-refractivity contribution < 1.29 is 18.3 Å². The van der Waals surface area contributed by atoms with Crippen molar-refractivity contribution in [1.82, 2.24) is 4.90 Å². The van der Waals surface area contributed by atoms with Crippen LogP contribution in [0.4, 0.5) is 4.39 Å². The summed E-state index contributed by atoms with van der Waals surface area (Å²) in [4.78, 5) is 14.7. The maximum absolute atomic E-state index is 13.4.